The van der Waals surface area contributed by atoms with Crippen LogP contribution in [0.1, 0.15) is 25.8 Å². The van der Waals surface area contributed by atoms with Gasteiger partial charge in [0.1, 0.15) is 5.69 Å². The van der Waals surface area contributed by atoms with E-state index in [1.54, 1.807) is 19.1 Å². The highest BCUT2D eigenvalue weighted by atomic mass is 16.6. The molecule has 1 aromatic rings. The van der Waals surface area contributed by atoms with E-state index in [9.17, 15) is 14.9 Å². The average molecular weight is 306 g/mol. The first kappa shape index (κ1) is 16.4. The Morgan fingerprint density at radius 1 is 1.36 bits per heavy atom. The molecule has 1 saturated heterocycles. The summed E-state index contributed by atoms with van der Waals surface area (Å²) >= 11 is 0. The SMILES string of the molecule is Cc1cccc([N+](=O)[O-])c1NC(=O)C[NH+]1C[C@@H](C)C[C@H](C)C1. The predicted octanol–water partition coefficient (Wildman–Crippen LogP) is 1.40. The molecule has 0 unspecified atom stereocenters. The summed E-state index contributed by atoms with van der Waals surface area (Å²) in [7, 11) is 0. The number of quaternary nitrogens is 1. The summed E-state index contributed by atoms with van der Waals surface area (Å²) in [6.07, 6.45) is 1.20. The number of aryl methyl sites for hydroxylation is 1. The minimum Gasteiger partial charge on any atom is -0.327 e. The molecule has 2 atom stereocenters. The molecule has 2 rings (SSSR count). The fourth-order valence-electron chi connectivity index (χ4n) is 3.44. The number of hydrogen-bond donors (Lipinski definition) is 2. The van der Waals surface area contributed by atoms with Crippen LogP contribution >= 0.6 is 0 Å². The van der Waals surface area contributed by atoms with E-state index in [0.29, 0.717) is 29.6 Å². The summed E-state index contributed by atoms with van der Waals surface area (Å²) < 4.78 is 0. The molecule has 0 radical (unpaired) electrons. The number of para-hydroxylation sites is 1. The Morgan fingerprint density at radius 2 is 2.00 bits per heavy atom. The summed E-state index contributed by atoms with van der Waals surface area (Å²) in [6.45, 7) is 8.50. The van der Waals surface area contributed by atoms with E-state index in [1.165, 1.54) is 17.4 Å². The van der Waals surface area contributed by atoms with E-state index >= 15 is 0 Å². The number of nitrogens with zero attached hydrogens (tertiary/aromatic N) is 1. The van der Waals surface area contributed by atoms with Gasteiger partial charge in [-0.3, -0.25) is 14.9 Å². The normalized spacial score (nSPS) is 24.8. The fourth-order valence-corrected chi connectivity index (χ4v) is 3.44. The lowest BCUT2D eigenvalue weighted by Gasteiger charge is -2.31. The number of amides is 1. The topological polar surface area (TPSA) is 76.7 Å². The van der Waals surface area contributed by atoms with Crippen LogP contribution in [0.2, 0.25) is 0 Å². The van der Waals surface area contributed by atoms with Gasteiger partial charge < -0.3 is 10.2 Å². The van der Waals surface area contributed by atoms with Crippen molar-refractivity contribution in [1.29, 1.82) is 0 Å². The van der Waals surface area contributed by atoms with Gasteiger partial charge in [0.05, 0.1) is 18.0 Å². The maximum atomic E-state index is 12.3. The first-order valence-corrected chi connectivity index (χ1v) is 7.74. The minimum atomic E-state index is -0.458. The van der Waals surface area contributed by atoms with Crippen LogP contribution in [-0.4, -0.2) is 30.5 Å². The maximum absolute atomic E-state index is 12.3. The second kappa shape index (κ2) is 6.87. The molecule has 2 N–H and O–H groups in total. The Bertz CT molecular complexity index is 564. The summed E-state index contributed by atoms with van der Waals surface area (Å²) in [5, 5.41) is 13.8. The molecule has 1 heterocycles. The molecule has 1 aliphatic rings. The molecule has 6 nitrogen and oxygen atoms in total. The largest absolute Gasteiger partial charge is 0.327 e. The van der Waals surface area contributed by atoms with Crippen LogP contribution in [0.3, 0.4) is 0 Å². The van der Waals surface area contributed by atoms with Crippen molar-refractivity contribution in [1.82, 2.24) is 0 Å². The van der Waals surface area contributed by atoms with Crippen LogP contribution in [0.4, 0.5) is 11.4 Å². The summed E-state index contributed by atoms with van der Waals surface area (Å²) in [6, 6.07) is 4.81. The molecule has 22 heavy (non-hydrogen) atoms. The highest BCUT2D eigenvalue weighted by molar-refractivity contribution is 5.94. The second-order valence-corrected chi connectivity index (χ2v) is 6.56. The number of carbonyl (C=O) groups is 1. The number of nitro groups is 1. The third-order valence-electron chi connectivity index (χ3n) is 4.20. The van der Waals surface area contributed by atoms with Crippen LogP contribution in [0, 0.1) is 28.9 Å². The zero-order chi connectivity index (χ0) is 16.3. The van der Waals surface area contributed by atoms with Gasteiger partial charge in [0.25, 0.3) is 11.6 Å². The van der Waals surface area contributed by atoms with Crippen molar-refractivity contribution in [3.63, 3.8) is 0 Å². The molecular weight excluding hydrogens is 282 g/mol. The lowest BCUT2D eigenvalue weighted by Crippen LogP contribution is -3.15. The smallest absolute Gasteiger partial charge is 0.293 e. The first-order chi connectivity index (χ1) is 10.4. The van der Waals surface area contributed by atoms with E-state index in [1.807, 2.05) is 0 Å². The number of nitrogens with one attached hydrogen (secondary N) is 2. The van der Waals surface area contributed by atoms with Gasteiger partial charge in [0, 0.05) is 17.9 Å². The number of anilines is 1. The Morgan fingerprint density at radius 3 is 2.59 bits per heavy atom. The number of piperidine rings is 1. The molecule has 0 saturated carbocycles. The summed E-state index contributed by atoms with van der Waals surface area (Å²) in [5.41, 5.74) is 0.969. The maximum Gasteiger partial charge on any atom is 0.293 e. The third-order valence-corrected chi connectivity index (χ3v) is 4.20. The number of benzene rings is 1. The van der Waals surface area contributed by atoms with E-state index < -0.39 is 4.92 Å². The monoisotopic (exact) mass is 306 g/mol. The molecule has 1 aliphatic heterocycles. The van der Waals surface area contributed by atoms with Crippen molar-refractivity contribution in [3.05, 3.63) is 33.9 Å². The predicted molar refractivity (Wildman–Crippen MR) is 85.0 cm³/mol. The van der Waals surface area contributed by atoms with E-state index in [-0.39, 0.29) is 11.6 Å². The van der Waals surface area contributed by atoms with Crippen molar-refractivity contribution in [2.75, 3.05) is 25.0 Å². The standard InChI is InChI=1S/C16H23N3O3/c1-11-7-12(2)9-18(8-11)10-15(20)17-16-13(3)5-4-6-14(16)19(21)22/h4-6,11-12H,7-10H2,1-3H3,(H,17,20)/p+1/t11-,12-/m0/s1. The van der Waals surface area contributed by atoms with Crippen LogP contribution in [-0.2, 0) is 4.79 Å². The van der Waals surface area contributed by atoms with Gasteiger partial charge in [-0.15, -0.1) is 0 Å². The lowest BCUT2D eigenvalue weighted by molar-refractivity contribution is -0.904. The molecule has 120 valence electrons. The number of nitro benzene ring substituents is 1. The number of hydrogen-bond acceptors (Lipinski definition) is 3. The molecule has 6 heteroatoms. The fraction of sp³-hybridized carbons (Fsp3) is 0.562. The molecule has 1 amide bonds. The van der Waals surface area contributed by atoms with Crippen LogP contribution in [0.5, 0.6) is 0 Å². The minimum absolute atomic E-state index is 0.0521. The van der Waals surface area contributed by atoms with Crippen LogP contribution in [0.25, 0.3) is 0 Å². The van der Waals surface area contributed by atoms with Crippen LogP contribution in [0.15, 0.2) is 18.2 Å². The Kier molecular flexibility index (Phi) is 5.13. The van der Waals surface area contributed by atoms with Gasteiger partial charge in [-0.25, -0.2) is 0 Å². The highest BCUT2D eigenvalue weighted by Gasteiger charge is 2.27. The quantitative estimate of drug-likeness (QED) is 0.652. The van der Waals surface area contributed by atoms with Crippen LogP contribution < -0.4 is 10.2 Å². The Balaban J connectivity index is 2.05. The third kappa shape index (κ3) is 4.04. The molecule has 1 fully saturated rings. The Hall–Kier alpha value is -1.95. The van der Waals surface area contributed by atoms with Gasteiger partial charge >= 0.3 is 0 Å². The summed E-state index contributed by atoms with van der Waals surface area (Å²) in [5.74, 6) is 1.06. The molecule has 0 spiro atoms. The van der Waals surface area contributed by atoms with Gasteiger partial charge in [0.2, 0.25) is 0 Å². The average Bonchev–Trinajstić information content (AvgIpc) is 2.39. The molecule has 0 aromatic heterocycles. The van der Waals surface area contributed by atoms with Crippen molar-refractivity contribution in [3.8, 4) is 0 Å². The molecule has 0 aliphatic carbocycles. The first-order valence-electron chi connectivity index (χ1n) is 7.74. The van der Waals surface area contributed by atoms with Gasteiger partial charge in [-0.1, -0.05) is 26.0 Å². The van der Waals surface area contributed by atoms with E-state index in [2.05, 4.69) is 19.2 Å². The molecular formula is C16H24N3O3+. The zero-order valence-electron chi connectivity index (χ0n) is 13.4. The second-order valence-electron chi connectivity index (χ2n) is 6.56. The molecule has 0 bridgehead atoms. The van der Waals surface area contributed by atoms with Crippen molar-refractivity contribution < 1.29 is 14.6 Å². The number of rotatable bonds is 4. The lowest BCUT2D eigenvalue weighted by atomic mass is 9.92. The van der Waals surface area contributed by atoms with E-state index in [4.69, 9.17) is 0 Å². The van der Waals surface area contributed by atoms with Crippen molar-refractivity contribution in [2.45, 2.75) is 27.2 Å². The summed E-state index contributed by atoms with van der Waals surface area (Å²) in [4.78, 5) is 24.1. The van der Waals surface area contributed by atoms with Crippen molar-refractivity contribution in [2.24, 2.45) is 11.8 Å². The van der Waals surface area contributed by atoms with Gasteiger partial charge in [-0.05, 0) is 18.9 Å². The number of likely N-dealkylation sites (tertiary alicyclic amines) is 1. The van der Waals surface area contributed by atoms with E-state index in [0.717, 1.165) is 13.1 Å². The highest BCUT2D eigenvalue weighted by Crippen LogP contribution is 2.27. The zero-order valence-corrected chi connectivity index (χ0v) is 13.4. The number of carbonyl (C=O) groups excluding carboxylic acids is 1. The van der Waals surface area contributed by atoms with Gasteiger partial charge in [-0.2, -0.15) is 0 Å². The molecule has 1 aromatic carbocycles. The van der Waals surface area contributed by atoms with Crippen molar-refractivity contribution >= 4 is 17.3 Å². The van der Waals surface area contributed by atoms with Gasteiger partial charge in [0.15, 0.2) is 6.54 Å². The Labute approximate surface area is 130 Å².